The topological polar surface area (TPSA) is 27.0 Å². The Hall–Kier alpha value is -0.550. The Morgan fingerprint density at radius 1 is 1.46 bits per heavy atom. The van der Waals surface area contributed by atoms with E-state index in [-0.39, 0.29) is 0 Å². The normalized spacial score (nSPS) is 24.2. The molecule has 1 rings (SSSR count). The lowest BCUT2D eigenvalue weighted by molar-refractivity contribution is 0.143. The zero-order chi connectivity index (χ0) is 9.52. The first-order chi connectivity index (χ1) is 6.38. The minimum atomic E-state index is 0.715. The third-order valence-corrected chi connectivity index (χ3v) is 2.95. The Balaban J connectivity index is 2.24. The number of rotatable bonds is 4. The van der Waals surface area contributed by atoms with Gasteiger partial charge in [0, 0.05) is 12.5 Å². The molecule has 1 heterocycles. The van der Waals surface area contributed by atoms with Crippen LogP contribution in [0.1, 0.15) is 45.4 Å². The van der Waals surface area contributed by atoms with Crippen molar-refractivity contribution in [2.45, 2.75) is 51.5 Å². The second-order valence-corrected chi connectivity index (χ2v) is 3.86. The van der Waals surface area contributed by atoms with Crippen LogP contribution in [0.2, 0.25) is 0 Å². The molecule has 0 amide bonds. The molecule has 0 aromatic carbocycles. The quantitative estimate of drug-likeness (QED) is 0.622. The average molecular weight is 180 g/mol. The summed E-state index contributed by atoms with van der Waals surface area (Å²) in [6.07, 6.45) is 7.14. The van der Waals surface area contributed by atoms with E-state index >= 15 is 0 Å². The van der Waals surface area contributed by atoms with Crippen LogP contribution in [0, 0.1) is 11.3 Å². The Kier molecular flexibility index (Phi) is 4.85. The second-order valence-electron chi connectivity index (χ2n) is 3.86. The van der Waals surface area contributed by atoms with Crippen molar-refractivity contribution in [1.82, 2.24) is 4.90 Å². The number of nitrogens with zero attached hydrogens (tertiary/aromatic N) is 2. The van der Waals surface area contributed by atoms with Crippen LogP contribution < -0.4 is 0 Å². The standard InChI is InChI=1S/C11H20N2/c1-2-11-7-3-5-9-13(11)10-6-4-8-12/h11H,2-7,9-10H2,1H3. The maximum atomic E-state index is 8.45. The molecule has 0 saturated carbocycles. The van der Waals surface area contributed by atoms with E-state index in [2.05, 4.69) is 17.9 Å². The van der Waals surface area contributed by atoms with Gasteiger partial charge in [-0.15, -0.1) is 0 Å². The summed E-state index contributed by atoms with van der Waals surface area (Å²) in [6.45, 7) is 4.66. The van der Waals surface area contributed by atoms with Crippen molar-refractivity contribution in [3.8, 4) is 6.07 Å². The van der Waals surface area contributed by atoms with Gasteiger partial charge in [0.2, 0.25) is 0 Å². The van der Waals surface area contributed by atoms with Gasteiger partial charge < -0.3 is 4.90 Å². The lowest BCUT2D eigenvalue weighted by atomic mass is 10.00. The molecule has 0 bridgehead atoms. The zero-order valence-electron chi connectivity index (χ0n) is 8.63. The molecule has 1 atom stereocenters. The van der Waals surface area contributed by atoms with Crippen LogP contribution in [-0.4, -0.2) is 24.0 Å². The van der Waals surface area contributed by atoms with E-state index in [1.165, 1.54) is 32.2 Å². The summed E-state index contributed by atoms with van der Waals surface area (Å²) in [5.74, 6) is 0. The molecular formula is C11H20N2. The Bertz CT molecular complexity index is 171. The number of nitriles is 1. The lowest BCUT2D eigenvalue weighted by Gasteiger charge is -2.35. The molecule has 1 saturated heterocycles. The van der Waals surface area contributed by atoms with Crippen LogP contribution in [0.25, 0.3) is 0 Å². The molecule has 1 aliphatic heterocycles. The summed E-state index contributed by atoms with van der Waals surface area (Å²) in [7, 11) is 0. The van der Waals surface area contributed by atoms with Gasteiger partial charge in [-0.2, -0.15) is 5.26 Å². The smallest absolute Gasteiger partial charge is 0.0622 e. The van der Waals surface area contributed by atoms with Gasteiger partial charge in [0.25, 0.3) is 0 Å². The number of hydrogen-bond acceptors (Lipinski definition) is 2. The Morgan fingerprint density at radius 3 is 3.00 bits per heavy atom. The molecule has 0 N–H and O–H groups in total. The summed E-state index contributed by atoms with van der Waals surface area (Å²) < 4.78 is 0. The van der Waals surface area contributed by atoms with E-state index in [4.69, 9.17) is 5.26 Å². The predicted molar refractivity (Wildman–Crippen MR) is 54.4 cm³/mol. The van der Waals surface area contributed by atoms with Gasteiger partial charge in [0.1, 0.15) is 0 Å². The number of hydrogen-bond donors (Lipinski definition) is 0. The Labute approximate surface area is 81.5 Å². The first-order valence-electron chi connectivity index (χ1n) is 5.49. The summed E-state index contributed by atoms with van der Waals surface area (Å²) in [5, 5.41) is 8.45. The third kappa shape index (κ3) is 3.36. The molecule has 0 aromatic rings. The molecule has 0 aliphatic carbocycles. The molecule has 2 nitrogen and oxygen atoms in total. The average Bonchev–Trinajstić information content (AvgIpc) is 2.19. The molecule has 0 radical (unpaired) electrons. The highest BCUT2D eigenvalue weighted by Crippen LogP contribution is 2.19. The minimum absolute atomic E-state index is 0.715. The minimum Gasteiger partial charge on any atom is -0.300 e. The van der Waals surface area contributed by atoms with Crippen LogP contribution in [0.15, 0.2) is 0 Å². The van der Waals surface area contributed by atoms with Gasteiger partial charge in [-0.25, -0.2) is 0 Å². The van der Waals surface area contributed by atoms with Crippen molar-refractivity contribution in [2.24, 2.45) is 0 Å². The summed E-state index contributed by atoms with van der Waals surface area (Å²) in [4.78, 5) is 2.57. The van der Waals surface area contributed by atoms with Crippen molar-refractivity contribution in [2.75, 3.05) is 13.1 Å². The number of unbranched alkanes of at least 4 members (excludes halogenated alkanes) is 1. The monoisotopic (exact) mass is 180 g/mol. The van der Waals surface area contributed by atoms with E-state index in [0.29, 0.717) is 6.42 Å². The number of piperidine rings is 1. The van der Waals surface area contributed by atoms with Crippen molar-refractivity contribution in [3.63, 3.8) is 0 Å². The van der Waals surface area contributed by atoms with Gasteiger partial charge in [-0.3, -0.25) is 0 Å². The molecule has 13 heavy (non-hydrogen) atoms. The van der Waals surface area contributed by atoms with Gasteiger partial charge in [-0.1, -0.05) is 13.3 Å². The van der Waals surface area contributed by atoms with Crippen molar-refractivity contribution >= 4 is 0 Å². The fourth-order valence-corrected chi connectivity index (χ4v) is 2.18. The van der Waals surface area contributed by atoms with E-state index in [1.807, 2.05) is 0 Å². The molecule has 2 heteroatoms. The molecule has 1 unspecified atom stereocenters. The Morgan fingerprint density at radius 2 is 2.31 bits per heavy atom. The van der Waals surface area contributed by atoms with Crippen molar-refractivity contribution in [1.29, 1.82) is 5.26 Å². The second kappa shape index (κ2) is 5.99. The lowest BCUT2D eigenvalue weighted by Crippen LogP contribution is -2.39. The molecule has 74 valence electrons. The molecule has 0 aromatic heterocycles. The van der Waals surface area contributed by atoms with Crippen LogP contribution in [-0.2, 0) is 0 Å². The van der Waals surface area contributed by atoms with Gasteiger partial charge in [0.15, 0.2) is 0 Å². The molecule has 1 fully saturated rings. The maximum absolute atomic E-state index is 8.45. The van der Waals surface area contributed by atoms with Gasteiger partial charge >= 0.3 is 0 Å². The largest absolute Gasteiger partial charge is 0.300 e. The third-order valence-electron chi connectivity index (χ3n) is 2.95. The van der Waals surface area contributed by atoms with Crippen molar-refractivity contribution in [3.05, 3.63) is 0 Å². The van der Waals surface area contributed by atoms with Crippen LogP contribution in [0.4, 0.5) is 0 Å². The summed E-state index contributed by atoms with van der Waals surface area (Å²) in [6, 6.07) is 3.01. The molecular weight excluding hydrogens is 160 g/mol. The van der Waals surface area contributed by atoms with E-state index in [0.717, 1.165) is 19.0 Å². The van der Waals surface area contributed by atoms with Gasteiger partial charge in [0.05, 0.1) is 6.07 Å². The zero-order valence-corrected chi connectivity index (χ0v) is 8.63. The highest BCUT2D eigenvalue weighted by atomic mass is 15.2. The fourth-order valence-electron chi connectivity index (χ4n) is 2.18. The maximum Gasteiger partial charge on any atom is 0.0622 e. The summed E-state index contributed by atoms with van der Waals surface area (Å²) in [5.41, 5.74) is 0. The predicted octanol–water partition coefficient (Wildman–Crippen LogP) is 2.55. The van der Waals surface area contributed by atoms with E-state index in [1.54, 1.807) is 0 Å². The molecule has 0 spiro atoms. The van der Waals surface area contributed by atoms with Crippen LogP contribution >= 0.6 is 0 Å². The fraction of sp³-hybridized carbons (Fsp3) is 0.909. The summed E-state index contributed by atoms with van der Waals surface area (Å²) >= 11 is 0. The highest BCUT2D eigenvalue weighted by Gasteiger charge is 2.19. The number of likely N-dealkylation sites (tertiary alicyclic amines) is 1. The first-order valence-corrected chi connectivity index (χ1v) is 5.49. The molecule has 1 aliphatic rings. The van der Waals surface area contributed by atoms with E-state index < -0.39 is 0 Å². The SMILES string of the molecule is CCC1CCCCN1CCCC#N. The first kappa shape index (κ1) is 10.5. The van der Waals surface area contributed by atoms with Crippen LogP contribution in [0.5, 0.6) is 0 Å². The van der Waals surface area contributed by atoms with Gasteiger partial charge in [-0.05, 0) is 38.8 Å². The van der Waals surface area contributed by atoms with Crippen molar-refractivity contribution < 1.29 is 0 Å². The van der Waals surface area contributed by atoms with E-state index in [9.17, 15) is 0 Å². The highest BCUT2D eigenvalue weighted by molar-refractivity contribution is 4.77. The van der Waals surface area contributed by atoms with Crippen LogP contribution in [0.3, 0.4) is 0 Å².